The molecule has 2 aliphatic rings. The highest BCUT2D eigenvalue weighted by Gasteiger charge is 2.16. The van der Waals surface area contributed by atoms with Crippen molar-refractivity contribution in [3.05, 3.63) is 102 Å². The van der Waals surface area contributed by atoms with Crippen LogP contribution in [0, 0.1) is 0 Å². The molecule has 7 heteroatoms. The van der Waals surface area contributed by atoms with Crippen molar-refractivity contribution < 1.29 is 0 Å². The molecule has 0 aromatic heterocycles. The molecule has 7 nitrogen and oxygen atoms in total. The minimum absolute atomic E-state index is 0.0638. The number of anilines is 2. The Morgan fingerprint density at radius 2 is 1.53 bits per heavy atom. The normalized spacial score (nSPS) is 11.6. The number of aromatic nitrogens is 2. The fourth-order valence-electron chi connectivity index (χ4n) is 3.95. The highest BCUT2D eigenvalue weighted by molar-refractivity contribution is 5.84. The van der Waals surface area contributed by atoms with Crippen molar-refractivity contribution in [1.82, 2.24) is 9.55 Å². The van der Waals surface area contributed by atoms with Gasteiger partial charge in [0.05, 0.1) is 46.6 Å². The molecule has 1 heterocycles. The van der Waals surface area contributed by atoms with Crippen LogP contribution >= 0.6 is 0 Å². The minimum Gasteiger partial charge on any atom is -0.370 e. The van der Waals surface area contributed by atoms with E-state index in [-0.39, 0.29) is 5.96 Å². The van der Waals surface area contributed by atoms with Crippen LogP contribution in [0.3, 0.4) is 0 Å². The maximum atomic E-state index is 5.48. The minimum atomic E-state index is 0.0638. The lowest BCUT2D eigenvalue weighted by Gasteiger charge is -2.20. The molecule has 0 bridgehead atoms. The van der Waals surface area contributed by atoms with Gasteiger partial charge in [-0.1, -0.05) is 48.5 Å². The van der Waals surface area contributed by atoms with Crippen LogP contribution in [0.4, 0.5) is 11.4 Å². The Hall–Kier alpha value is -4.65. The van der Waals surface area contributed by atoms with E-state index in [0.29, 0.717) is 13.1 Å². The van der Waals surface area contributed by atoms with Gasteiger partial charge in [-0.3, -0.25) is 9.98 Å². The number of benzene rings is 4. The first-order chi connectivity index (χ1) is 16.7. The van der Waals surface area contributed by atoms with Crippen LogP contribution in [0.5, 0.6) is 0 Å². The van der Waals surface area contributed by atoms with Gasteiger partial charge >= 0.3 is 0 Å². The average molecular weight is 448 g/mol. The number of nitrogens with zero attached hydrogens (tertiary/aromatic N) is 4. The van der Waals surface area contributed by atoms with Crippen LogP contribution in [0.1, 0.15) is 0 Å². The molecule has 3 aromatic carbocycles. The third-order valence-electron chi connectivity index (χ3n) is 5.44. The summed E-state index contributed by atoms with van der Waals surface area (Å²) in [6.45, 7) is 0.874. The lowest BCUT2D eigenvalue weighted by Crippen LogP contribution is -2.23. The first-order valence-electron chi connectivity index (χ1n) is 11.1. The van der Waals surface area contributed by atoms with Gasteiger partial charge in [-0.2, -0.15) is 0 Å². The molecule has 5 N–H and O–H groups in total. The molecule has 0 saturated heterocycles. The molecule has 168 valence electrons. The predicted octanol–water partition coefficient (Wildman–Crippen LogP) is 4.05. The summed E-state index contributed by atoms with van der Waals surface area (Å²) in [5.41, 5.74) is 17.6. The largest absolute Gasteiger partial charge is 0.370 e. The Morgan fingerprint density at radius 3 is 2.29 bits per heavy atom. The van der Waals surface area contributed by atoms with Crippen LogP contribution in [0.25, 0.3) is 28.1 Å². The molecule has 34 heavy (non-hydrogen) atoms. The molecule has 0 radical (unpaired) electrons. The first kappa shape index (κ1) is 21.2. The molecule has 0 amide bonds. The first-order valence-corrected chi connectivity index (χ1v) is 11.1. The van der Waals surface area contributed by atoms with Crippen LogP contribution in [0.15, 0.2) is 107 Å². The molecule has 0 spiro atoms. The maximum absolute atomic E-state index is 5.48. The molecule has 0 saturated carbocycles. The molecule has 1 aliphatic heterocycles. The van der Waals surface area contributed by atoms with Crippen molar-refractivity contribution in [2.24, 2.45) is 21.5 Å². The Morgan fingerprint density at radius 1 is 0.824 bits per heavy atom. The summed E-state index contributed by atoms with van der Waals surface area (Å²) in [7, 11) is 0. The third-order valence-corrected chi connectivity index (χ3v) is 5.44. The summed E-state index contributed by atoms with van der Waals surface area (Å²) in [4.78, 5) is 13.8. The number of rotatable bonds is 6. The number of nitrogens with two attached hydrogens (primary N) is 2. The van der Waals surface area contributed by atoms with Gasteiger partial charge in [-0.15, -0.1) is 0 Å². The molecular formula is C27H25N7. The highest BCUT2D eigenvalue weighted by atomic mass is 15.0. The van der Waals surface area contributed by atoms with E-state index in [1.54, 1.807) is 0 Å². The number of para-hydroxylation sites is 4. The summed E-state index contributed by atoms with van der Waals surface area (Å²) in [6.07, 6.45) is 0. The highest BCUT2D eigenvalue weighted by Crippen LogP contribution is 2.30. The smallest absolute Gasteiger partial charge is 0.185 e. The van der Waals surface area contributed by atoms with Crippen molar-refractivity contribution in [2.75, 3.05) is 18.4 Å². The quantitative estimate of drug-likeness (QED) is 0.158. The van der Waals surface area contributed by atoms with E-state index in [0.717, 1.165) is 44.8 Å². The summed E-state index contributed by atoms with van der Waals surface area (Å²) in [5.74, 6) is 0.0638. The number of fused-ring (bicyclic) bond motifs is 2. The fraction of sp³-hybridized carbons (Fsp3) is 0.0741. The molecule has 5 rings (SSSR count). The van der Waals surface area contributed by atoms with Gasteiger partial charge in [0.2, 0.25) is 0 Å². The average Bonchev–Trinajstić information content (AvgIpc) is 2.86. The standard InChI is InChI=1S/C27H25N7/c28-27(29)31-16-15-30-22-18-26-24(17-23(22)32-19-9-3-1-4-10-19)33-21-13-7-8-14-25(21)34(26)20-11-5-2-6-12-20/h1-14,17-18,32H,15-16H2,(H4,28,29,31). The molecular weight excluding hydrogens is 422 g/mol. The van der Waals surface area contributed by atoms with Crippen LogP contribution in [-0.4, -0.2) is 28.6 Å². The Labute approximate surface area is 197 Å². The lowest BCUT2D eigenvalue weighted by atomic mass is 10.1. The molecule has 0 atom stereocenters. The van der Waals surface area contributed by atoms with Crippen molar-refractivity contribution in [2.45, 2.75) is 0 Å². The van der Waals surface area contributed by atoms with E-state index in [2.05, 4.69) is 39.1 Å². The van der Waals surface area contributed by atoms with Crippen molar-refractivity contribution in [1.29, 1.82) is 0 Å². The van der Waals surface area contributed by atoms with Gasteiger partial charge in [0.15, 0.2) is 5.96 Å². The maximum Gasteiger partial charge on any atom is 0.185 e. The summed E-state index contributed by atoms with van der Waals surface area (Å²) >= 11 is 0. The van der Waals surface area contributed by atoms with Gasteiger partial charge in [-0.25, -0.2) is 4.98 Å². The zero-order chi connectivity index (χ0) is 23.3. The van der Waals surface area contributed by atoms with E-state index in [4.69, 9.17) is 21.4 Å². The number of nitrogens with one attached hydrogen (secondary N) is 1. The summed E-state index contributed by atoms with van der Waals surface area (Å²) < 4.78 is 2.22. The lowest BCUT2D eigenvalue weighted by molar-refractivity contribution is 0.937. The molecule has 3 aromatic rings. The SMILES string of the molecule is NC(N)=NCCN=c1cc2n(-c3ccccc3)c3ccccc3nc-2cc1Nc1ccccc1. The number of aliphatic imine (C=N–C) groups is 1. The van der Waals surface area contributed by atoms with Gasteiger partial charge in [-0.05, 0) is 48.5 Å². The van der Waals surface area contributed by atoms with Crippen LogP contribution in [-0.2, 0) is 0 Å². The van der Waals surface area contributed by atoms with E-state index in [1.165, 1.54) is 0 Å². The number of hydrogen-bond acceptors (Lipinski definition) is 4. The summed E-state index contributed by atoms with van der Waals surface area (Å²) in [5, 5.41) is 4.30. The Bertz CT molecular complexity index is 1480. The Kier molecular flexibility index (Phi) is 5.90. The topological polar surface area (TPSA) is 107 Å². The van der Waals surface area contributed by atoms with Gasteiger partial charge < -0.3 is 21.4 Å². The predicted molar refractivity (Wildman–Crippen MR) is 139 cm³/mol. The van der Waals surface area contributed by atoms with Crippen LogP contribution < -0.4 is 22.1 Å². The van der Waals surface area contributed by atoms with Crippen molar-refractivity contribution in [3.8, 4) is 17.1 Å². The zero-order valence-electron chi connectivity index (χ0n) is 18.6. The molecule has 0 fully saturated rings. The molecule has 0 unspecified atom stereocenters. The van der Waals surface area contributed by atoms with Crippen molar-refractivity contribution >= 4 is 28.4 Å². The number of hydrogen-bond donors (Lipinski definition) is 3. The summed E-state index contributed by atoms with van der Waals surface area (Å²) in [6, 6.07) is 32.6. The monoisotopic (exact) mass is 447 g/mol. The second kappa shape index (κ2) is 9.46. The van der Waals surface area contributed by atoms with E-state index in [9.17, 15) is 0 Å². The van der Waals surface area contributed by atoms with Gasteiger partial charge in [0, 0.05) is 11.4 Å². The molecule has 1 aliphatic carbocycles. The fourth-order valence-corrected chi connectivity index (χ4v) is 3.95. The van der Waals surface area contributed by atoms with E-state index in [1.807, 2.05) is 72.8 Å². The van der Waals surface area contributed by atoms with Crippen molar-refractivity contribution in [3.63, 3.8) is 0 Å². The zero-order valence-corrected chi connectivity index (χ0v) is 18.6. The second-order valence-electron chi connectivity index (χ2n) is 7.81. The number of guanidine groups is 1. The third kappa shape index (κ3) is 4.45. The van der Waals surface area contributed by atoms with Gasteiger partial charge in [0.1, 0.15) is 0 Å². The Balaban J connectivity index is 1.75. The van der Waals surface area contributed by atoms with Crippen LogP contribution in [0.2, 0.25) is 0 Å². The van der Waals surface area contributed by atoms with Gasteiger partial charge in [0.25, 0.3) is 0 Å². The second-order valence-corrected chi connectivity index (χ2v) is 7.81. The van der Waals surface area contributed by atoms with E-state index < -0.39 is 0 Å². The van der Waals surface area contributed by atoms with E-state index >= 15 is 0 Å².